The Morgan fingerprint density at radius 1 is 0.839 bits per heavy atom. The number of benzene rings is 2. The van der Waals surface area contributed by atoms with E-state index in [1.54, 1.807) is 6.07 Å². The van der Waals surface area contributed by atoms with Crippen molar-refractivity contribution in [1.82, 2.24) is 10.6 Å². The summed E-state index contributed by atoms with van der Waals surface area (Å²) < 4.78 is 0. The second kappa shape index (κ2) is 6.87. The fraction of sp³-hybridized carbons (Fsp3) is 0.360. The SMILES string of the molecule is Cc1cc2c(cc1-c1cc(/C=C3/NC(=O)NC3=O)c(O)cc1O)C(C)(C)CCC2(C)C. The number of phenolic OH excluding ortho intramolecular Hbond substituents is 2. The van der Waals surface area contributed by atoms with E-state index in [4.69, 9.17) is 0 Å². The zero-order valence-electron chi connectivity index (χ0n) is 18.5. The van der Waals surface area contributed by atoms with Crippen molar-refractivity contribution in [3.63, 3.8) is 0 Å². The molecule has 0 atom stereocenters. The fourth-order valence-corrected chi connectivity index (χ4v) is 4.58. The summed E-state index contributed by atoms with van der Waals surface area (Å²) in [6.07, 6.45) is 3.59. The number of amides is 3. The standard InChI is InChI=1S/C25H28N2O4/c1-13-8-17-18(25(4,5)7-6-24(17,2)3)11-15(13)16-9-14(20(28)12-21(16)29)10-19-22(30)27-23(31)26-19/h8-12,28-29H,6-7H2,1-5H3,(H2,26,27,30,31)/b19-10+. The van der Waals surface area contributed by atoms with E-state index in [1.165, 1.54) is 23.3 Å². The molecule has 0 aromatic heterocycles. The Labute approximate surface area is 182 Å². The second-order valence-corrected chi connectivity index (χ2v) is 9.87. The van der Waals surface area contributed by atoms with Crippen LogP contribution in [-0.2, 0) is 15.6 Å². The number of aromatic hydroxyl groups is 2. The molecule has 31 heavy (non-hydrogen) atoms. The number of rotatable bonds is 2. The number of imide groups is 1. The van der Waals surface area contributed by atoms with E-state index in [-0.39, 0.29) is 28.0 Å². The van der Waals surface area contributed by atoms with E-state index >= 15 is 0 Å². The van der Waals surface area contributed by atoms with Crippen LogP contribution in [0.3, 0.4) is 0 Å². The van der Waals surface area contributed by atoms with Crippen molar-refractivity contribution in [3.05, 3.63) is 52.2 Å². The van der Waals surface area contributed by atoms with Crippen LogP contribution in [0.4, 0.5) is 4.79 Å². The molecule has 1 aliphatic carbocycles. The maximum Gasteiger partial charge on any atom is 0.326 e. The second-order valence-electron chi connectivity index (χ2n) is 9.87. The molecule has 1 heterocycles. The first kappa shape index (κ1) is 21.0. The molecule has 0 radical (unpaired) electrons. The van der Waals surface area contributed by atoms with Crippen LogP contribution in [0.5, 0.6) is 11.5 Å². The number of phenols is 2. The summed E-state index contributed by atoms with van der Waals surface area (Å²) >= 11 is 0. The maximum absolute atomic E-state index is 11.9. The van der Waals surface area contributed by atoms with E-state index in [1.807, 2.05) is 6.92 Å². The Morgan fingerprint density at radius 2 is 1.45 bits per heavy atom. The van der Waals surface area contributed by atoms with Crippen LogP contribution in [0.2, 0.25) is 0 Å². The molecule has 4 rings (SSSR count). The topological polar surface area (TPSA) is 98.7 Å². The molecule has 2 aromatic rings. The van der Waals surface area contributed by atoms with Crippen LogP contribution in [0, 0.1) is 6.92 Å². The number of aryl methyl sites for hydroxylation is 1. The minimum absolute atomic E-state index is 0.0108. The van der Waals surface area contributed by atoms with Gasteiger partial charge in [0.15, 0.2) is 0 Å². The molecule has 0 bridgehead atoms. The maximum atomic E-state index is 11.9. The van der Waals surface area contributed by atoms with Gasteiger partial charge < -0.3 is 15.5 Å². The lowest BCUT2D eigenvalue weighted by atomic mass is 9.62. The van der Waals surface area contributed by atoms with E-state index in [9.17, 15) is 19.8 Å². The van der Waals surface area contributed by atoms with Gasteiger partial charge >= 0.3 is 6.03 Å². The van der Waals surface area contributed by atoms with Gasteiger partial charge in [0.2, 0.25) is 0 Å². The summed E-state index contributed by atoms with van der Waals surface area (Å²) in [4.78, 5) is 23.3. The van der Waals surface area contributed by atoms with E-state index < -0.39 is 11.9 Å². The third-order valence-corrected chi connectivity index (χ3v) is 6.65. The van der Waals surface area contributed by atoms with E-state index in [0.717, 1.165) is 24.0 Å². The number of carbonyl (C=O) groups is 2. The monoisotopic (exact) mass is 420 g/mol. The molecular weight excluding hydrogens is 392 g/mol. The van der Waals surface area contributed by atoms with Gasteiger partial charge in [-0.1, -0.05) is 33.8 Å². The summed E-state index contributed by atoms with van der Waals surface area (Å²) in [7, 11) is 0. The molecule has 1 saturated heterocycles. The molecule has 2 aromatic carbocycles. The van der Waals surface area contributed by atoms with Crippen LogP contribution in [0.25, 0.3) is 17.2 Å². The first-order valence-corrected chi connectivity index (χ1v) is 10.4. The Morgan fingerprint density at radius 3 is 2.03 bits per heavy atom. The molecule has 6 nitrogen and oxygen atoms in total. The molecule has 0 saturated carbocycles. The lowest BCUT2D eigenvalue weighted by Crippen LogP contribution is -2.34. The normalized spacial score (nSPS) is 20.4. The number of hydrogen-bond donors (Lipinski definition) is 4. The van der Waals surface area contributed by atoms with Crippen LogP contribution < -0.4 is 10.6 Å². The summed E-state index contributed by atoms with van der Waals surface area (Å²) in [6, 6.07) is 6.67. The zero-order chi connectivity index (χ0) is 22.7. The average Bonchev–Trinajstić information content (AvgIpc) is 2.98. The van der Waals surface area contributed by atoms with Crippen LogP contribution in [0.15, 0.2) is 30.0 Å². The highest BCUT2D eigenvalue weighted by Crippen LogP contribution is 2.48. The molecule has 0 spiro atoms. The predicted octanol–water partition coefficient (Wildman–Crippen LogP) is 4.60. The van der Waals surface area contributed by atoms with Gasteiger partial charge in [0.25, 0.3) is 5.91 Å². The Bertz CT molecular complexity index is 1160. The number of urea groups is 1. The minimum atomic E-state index is -0.606. The molecule has 4 N–H and O–H groups in total. The third-order valence-electron chi connectivity index (χ3n) is 6.65. The Balaban J connectivity index is 1.88. The molecule has 3 amide bonds. The smallest absolute Gasteiger partial charge is 0.326 e. The predicted molar refractivity (Wildman–Crippen MR) is 120 cm³/mol. The average molecular weight is 421 g/mol. The lowest BCUT2D eigenvalue weighted by Gasteiger charge is -2.42. The van der Waals surface area contributed by atoms with Crippen molar-refractivity contribution in [2.75, 3.05) is 0 Å². The van der Waals surface area contributed by atoms with Crippen molar-refractivity contribution >= 4 is 18.0 Å². The molecule has 6 heteroatoms. The van der Waals surface area contributed by atoms with Gasteiger partial charge in [-0.05, 0) is 71.1 Å². The van der Waals surface area contributed by atoms with Gasteiger partial charge in [0.1, 0.15) is 17.2 Å². The highest BCUT2D eigenvalue weighted by atomic mass is 16.3. The number of fused-ring (bicyclic) bond motifs is 1. The van der Waals surface area contributed by atoms with Gasteiger partial charge in [-0.25, -0.2) is 4.79 Å². The van der Waals surface area contributed by atoms with Crippen molar-refractivity contribution in [1.29, 1.82) is 0 Å². The number of nitrogens with one attached hydrogen (secondary N) is 2. The quantitative estimate of drug-likeness (QED) is 0.421. The zero-order valence-corrected chi connectivity index (χ0v) is 18.5. The van der Waals surface area contributed by atoms with Gasteiger partial charge in [0.05, 0.1) is 0 Å². The first-order valence-electron chi connectivity index (χ1n) is 10.4. The highest BCUT2D eigenvalue weighted by molar-refractivity contribution is 6.14. The minimum Gasteiger partial charge on any atom is -0.507 e. The summed E-state index contributed by atoms with van der Waals surface area (Å²) in [5, 5.41) is 25.5. The number of hydrogen-bond acceptors (Lipinski definition) is 4. The van der Waals surface area contributed by atoms with Crippen LogP contribution in [0.1, 0.15) is 62.8 Å². The molecule has 1 fully saturated rings. The van der Waals surface area contributed by atoms with Crippen molar-refractivity contribution in [2.24, 2.45) is 0 Å². The summed E-state index contributed by atoms with van der Waals surface area (Å²) in [5.74, 6) is -0.789. The summed E-state index contributed by atoms with van der Waals surface area (Å²) in [6.45, 7) is 11.0. The number of carbonyl (C=O) groups excluding carboxylic acids is 2. The molecule has 0 unspecified atom stereocenters. The van der Waals surface area contributed by atoms with Gasteiger partial charge in [0, 0.05) is 17.2 Å². The first-order chi connectivity index (χ1) is 14.4. The van der Waals surface area contributed by atoms with Crippen LogP contribution >= 0.6 is 0 Å². The van der Waals surface area contributed by atoms with Crippen molar-refractivity contribution in [3.8, 4) is 22.6 Å². The molecular formula is C25H28N2O4. The Kier molecular flexibility index (Phi) is 4.65. The van der Waals surface area contributed by atoms with E-state index in [0.29, 0.717) is 11.1 Å². The highest BCUT2D eigenvalue weighted by Gasteiger charge is 2.37. The van der Waals surface area contributed by atoms with Gasteiger partial charge in [-0.15, -0.1) is 0 Å². The fourth-order valence-electron chi connectivity index (χ4n) is 4.58. The molecule has 2 aliphatic rings. The molecule has 1 aliphatic heterocycles. The molecule has 162 valence electrons. The van der Waals surface area contributed by atoms with Gasteiger partial charge in [-0.3, -0.25) is 10.1 Å². The van der Waals surface area contributed by atoms with E-state index in [2.05, 4.69) is 50.5 Å². The van der Waals surface area contributed by atoms with Gasteiger partial charge in [-0.2, -0.15) is 0 Å². The largest absolute Gasteiger partial charge is 0.507 e. The Hall–Kier alpha value is -3.28. The lowest BCUT2D eigenvalue weighted by molar-refractivity contribution is -0.115. The van der Waals surface area contributed by atoms with Crippen molar-refractivity contribution < 1.29 is 19.8 Å². The summed E-state index contributed by atoms with van der Waals surface area (Å²) in [5.41, 5.74) is 5.52. The van der Waals surface area contributed by atoms with Crippen LogP contribution in [-0.4, -0.2) is 22.2 Å². The van der Waals surface area contributed by atoms with Crippen molar-refractivity contribution in [2.45, 2.75) is 58.3 Å². The third kappa shape index (κ3) is 3.56.